The lowest BCUT2D eigenvalue weighted by atomic mass is 9.69. The summed E-state index contributed by atoms with van der Waals surface area (Å²) in [5, 5.41) is 9.43. The largest absolute Gasteiger partial charge is 0.481 e. The molecule has 0 amide bonds. The molecule has 0 heterocycles. The zero-order valence-electron chi connectivity index (χ0n) is 12.2. The van der Waals surface area contributed by atoms with Crippen molar-refractivity contribution in [2.75, 3.05) is 0 Å². The minimum absolute atomic E-state index is 0.0570. The van der Waals surface area contributed by atoms with Gasteiger partial charge >= 0.3 is 12.1 Å². The third-order valence-electron chi connectivity index (χ3n) is 4.55. The van der Waals surface area contributed by atoms with Crippen molar-refractivity contribution in [1.29, 1.82) is 0 Å². The highest BCUT2D eigenvalue weighted by molar-refractivity contribution is 9.09. The summed E-state index contributed by atoms with van der Waals surface area (Å²) in [4.78, 5) is 11.4. The average Bonchev–Trinajstić information content (AvgIpc) is 2.42. The predicted octanol–water partition coefficient (Wildman–Crippen LogP) is 4.90. The Morgan fingerprint density at radius 1 is 1.36 bits per heavy atom. The quantitative estimate of drug-likeness (QED) is 0.759. The van der Waals surface area contributed by atoms with Crippen LogP contribution in [0.4, 0.5) is 13.2 Å². The van der Waals surface area contributed by atoms with E-state index < -0.39 is 23.1 Å². The van der Waals surface area contributed by atoms with Crippen molar-refractivity contribution in [2.24, 2.45) is 11.3 Å². The Morgan fingerprint density at radius 3 is 2.59 bits per heavy atom. The fourth-order valence-corrected chi connectivity index (χ4v) is 3.86. The first kappa shape index (κ1) is 17.3. The number of rotatable bonds is 3. The van der Waals surface area contributed by atoms with Crippen LogP contribution in [0, 0.1) is 11.3 Å². The summed E-state index contributed by atoms with van der Waals surface area (Å²) in [5.74, 6) is -0.957. The fourth-order valence-electron chi connectivity index (χ4n) is 3.21. The first-order valence-corrected chi connectivity index (χ1v) is 8.08. The maximum atomic E-state index is 13.0. The molecule has 1 aliphatic rings. The normalized spacial score (nSPS) is 29.3. The molecule has 22 heavy (non-hydrogen) atoms. The van der Waals surface area contributed by atoms with Gasteiger partial charge < -0.3 is 5.11 Å². The van der Waals surface area contributed by atoms with Crippen LogP contribution in [-0.4, -0.2) is 15.9 Å². The number of hydrogen-bond acceptors (Lipinski definition) is 1. The average molecular weight is 379 g/mol. The lowest BCUT2D eigenvalue weighted by molar-refractivity contribution is -0.150. The third-order valence-corrected chi connectivity index (χ3v) is 6.02. The van der Waals surface area contributed by atoms with E-state index in [1.54, 1.807) is 13.0 Å². The molecule has 0 saturated heterocycles. The number of alkyl halides is 4. The molecule has 1 aliphatic carbocycles. The third kappa shape index (κ3) is 3.47. The first-order chi connectivity index (χ1) is 10.1. The van der Waals surface area contributed by atoms with Crippen molar-refractivity contribution in [1.82, 2.24) is 0 Å². The maximum absolute atomic E-state index is 13.0. The number of carboxylic acid groups (broad SMARTS) is 1. The van der Waals surface area contributed by atoms with Crippen LogP contribution in [0.1, 0.15) is 37.3 Å². The van der Waals surface area contributed by atoms with Gasteiger partial charge in [0.1, 0.15) is 0 Å². The molecule has 0 aliphatic heterocycles. The van der Waals surface area contributed by atoms with Crippen LogP contribution in [-0.2, 0) is 17.4 Å². The molecule has 1 aromatic carbocycles. The molecule has 3 atom stereocenters. The fraction of sp³-hybridized carbons (Fsp3) is 0.562. The second kappa shape index (κ2) is 6.22. The van der Waals surface area contributed by atoms with Crippen LogP contribution >= 0.6 is 15.9 Å². The summed E-state index contributed by atoms with van der Waals surface area (Å²) >= 11 is 3.41. The Bertz CT molecular complexity index is 559. The maximum Gasteiger partial charge on any atom is 0.416 e. The highest BCUT2D eigenvalue weighted by Crippen LogP contribution is 2.45. The molecule has 6 heteroatoms. The summed E-state index contributed by atoms with van der Waals surface area (Å²) in [6.45, 7) is 1.66. The highest BCUT2D eigenvalue weighted by Gasteiger charge is 2.45. The zero-order chi connectivity index (χ0) is 16.5. The van der Waals surface area contributed by atoms with Gasteiger partial charge in [0.25, 0.3) is 0 Å². The van der Waals surface area contributed by atoms with E-state index in [0.717, 1.165) is 12.5 Å². The summed E-state index contributed by atoms with van der Waals surface area (Å²) < 4.78 is 39.1. The van der Waals surface area contributed by atoms with Crippen molar-refractivity contribution >= 4 is 21.9 Å². The Hall–Kier alpha value is -1.04. The Kier molecular flexibility index (Phi) is 4.90. The van der Waals surface area contributed by atoms with Crippen molar-refractivity contribution in [2.45, 2.75) is 43.6 Å². The van der Waals surface area contributed by atoms with Crippen LogP contribution in [0.5, 0.6) is 0 Å². The molecule has 1 fully saturated rings. The van der Waals surface area contributed by atoms with Gasteiger partial charge in [-0.3, -0.25) is 4.79 Å². The van der Waals surface area contributed by atoms with Crippen molar-refractivity contribution in [3.8, 4) is 0 Å². The number of carboxylic acids is 1. The number of benzene rings is 1. The van der Waals surface area contributed by atoms with Gasteiger partial charge in [-0.1, -0.05) is 34.1 Å². The molecule has 1 N–H and O–H groups in total. The van der Waals surface area contributed by atoms with Gasteiger partial charge in [0, 0.05) is 4.83 Å². The molecule has 0 spiro atoms. The van der Waals surface area contributed by atoms with Crippen molar-refractivity contribution in [3.63, 3.8) is 0 Å². The van der Waals surface area contributed by atoms with Crippen LogP contribution < -0.4 is 0 Å². The van der Waals surface area contributed by atoms with E-state index in [4.69, 9.17) is 0 Å². The van der Waals surface area contributed by atoms with Crippen molar-refractivity contribution < 1.29 is 23.1 Å². The Labute approximate surface area is 135 Å². The minimum Gasteiger partial charge on any atom is -0.481 e. The highest BCUT2D eigenvalue weighted by atomic mass is 79.9. The Morgan fingerprint density at radius 2 is 2.00 bits per heavy atom. The molecular formula is C16H18BrF3O2. The molecule has 0 radical (unpaired) electrons. The van der Waals surface area contributed by atoms with E-state index in [0.29, 0.717) is 12.8 Å². The van der Waals surface area contributed by atoms with E-state index in [-0.39, 0.29) is 22.7 Å². The van der Waals surface area contributed by atoms with E-state index in [9.17, 15) is 23.1 Å². The second-order valence-electron chi connectivity index (χ2n) is 6.20. The van der Waals surface area contributed by atoms with Gasteiger partial charge in [0.15, 0.2) is 0 Å². The first-order valence-electron chi connectivity index (χ1n) is 7.17. The van der Waals surface area contributed by atoms with Gasteiger partial charge in [-0.15, -0.1) is 0 Å². The van der Waals surface area contributed by atoms with Gasteiger partial charge in [-0.2, -0.15) is 13.2 Å². The predicted molar refractivity (Wildman–Crippen MR) is 80.9 cm³/mol. The molecule has 3 unspecified atom stereocenters. The van der Waals surface area contributed by atoms with Gasteiger partial charge in [-0.25, -0.2) is 0 Å². The topological polar surface area (TPSA) is 37.3 Å². The number of aliphatic carboxylic acids is 1. The minimum atomic E-state index is -4.38. The molecule has 122 valence electrons. The summed E-state index contributed by atoms with van der Waals surface area (Å²) in [5.41, 5.74) is -1.30. The van der Waals surface area contributed by atoms with E-state index in [1.807, 2.05) is 0 Å². The molecule has 1 saturated carbocycles. The lowest BCUT2D eigenvalue weighted by Gasteiger charge is -2.39. The Balaban J connectivity index is 2.21. The lowest BCUT2D eigenvalue weighted by Crippen LogP contribution is -2.42. The second-order valence-corrected chi connectivity index (χ2v) is 7.30. The van der Waals surface area contributed by atoms with Crippen LogP contribution in [0.3, 0.4) is 0 Å². The van der Waals surface area contributed by atoms with E-state index in [2.05, 4.69) is 15.9 Å². The molecule has 2 nitrogen and oxygen atoms in total. The molecular weight excluding hydrogens is 361 g/mol. The summed E-state index contributed by atoms with van der Waals surface area (Å²) in [7, 11) is 0. The summed E-state index contributed by atoms with van der Waals surface area (Å²) in [6.07, 6.45) is -2.35. The number of halogens is 4. The monoisotopic (exact) mass is 378 g/mol. The van der Waals surface area contributed by atoms with E-state index >= 15 is 0 Å². The molecule has 2 rings (SSSR count). The summed E-state index contributed by atoms with van der Waals surface area (Å²) in [6, 6.07) is 5.54. The zero-order valence-corrected chi connectivity index (χ0v) is 13.7. The molecule has 0 bridgehead atoms. The smallest absolute Gasteiger partial charge is 0.416 e. The molecule has 1 aromatic rings. The van der Waals surface area contributed by atoms with Crippen molar-refractivity contribution in [3.05, 3.63) is 35.4 Å². The SMILES string of the molecule is CC1(C(=O)O)CC(Cc2ccccc2C(F)(F)F)CCC1Br. The number of hydrogen-bond donors (Lipinski definition) is 1. The van der Waals surface area contributed by atoms with Gasteiger partial charge in [0.05, 0.1) is 11.0 Å². The van der Waals surface area contributed by atoms with Crippen LogP contribution in [0.25, 0.3) is 0 Å². The molecule has 0 aromatic heterocycles. The van der Waals surface area contributed by atoms with Gasteiger partial charge in [0.2, 0.25) is 0 Å². The van der Waals surface area contributed by atoms with E-state index in [1.165, 1.54) is 12.1 Å². The van der Waals surface area contributed by atoms with Crippen LogP contribution in [0.15, 0.2) is 24.3 Å². The van der Waals surface area contributed by atoms with Crippen LogP contribution in [0.2, 0.25) is 0 Å². The van der Waals surface area contributed by atoms with Gasteiger partial charge in [-0.05, 0) is 50.2 Å². The number of carbonyl (C=O) groups is 1. The standard InChI is InChI=1S/C16H18BrF3O2/c1-15(14(21)22)9-10(6-7-13(15)17)8-11-4-2-3-5-12(11)16(18,19)20/h2-5,10,13H,6-9H2,1H3,(H,21,22).